The van der Waals surface area contributed by atoms with E-state index in [9.17, 15) is 5.26 Å². The molecule has 2 rings (SSSR count). The molecule has 0 aliphatic rings. The highest BCUT2D eigenvalue weighted by atomic mass is 35.5. The Bertz CT molecular complexity index is 712. The van der Waals surface area contributed by atoms with Crippen molar-refractivity contribution in [2.24, 2.45) is 0 Å². The maximum absolute atomic E-state index is 9.32. The molecule has 0 spiro atoms. The molecule has 1 aromatic heterocycles. The second-order valence-electron chi connectivity index (χ2n) is 4.93. The second-order valence-corrected chi connectivity index (χ2v) is 6.74. The molecule has 1 atom stereocenters. The molecule has 0 unspecified atom stereocenters. The Balaban J connectivity index is 2.40. The predicted octanol–water partition coefficient (Wildman–Crippen LogP) is 4.07. The third-order valence-corrected chi connectivity index (χ3v) is 4.80. The number of hydrogen-bond donors (Lipinski definition) is 1. The van der Waals surface area contributed by atoms with Crippen LogP contribution in [0.15, 0.2) is 29.4 Å². The molecule has 4 nitrogen and oxygen atoms in total. The van der Waals surface area contributed by atoms with Gasteiger partial charge in [-0.05, 0) is 18.1 Å². The van der Waals surface area contributed by atoms with Crippen molar-refractivity contribution in [3.05, 3.63) is 46.1 Å². The van der Waals surface area contributed by atoms with E-state index in [1.807, 2.05) is 24.3 Å². The van der Waals surface area contributed by atoms with Gasteiger partial charge in [-0.15, -0.1) is 0 Å². The van der Waals surface area contributed by atoms with Gasteiger partial charge in [-0.3, -0.25) is 0 Å². The molecule has 0 amide bonds. The molecule has 1 aromatic carbocycles. The van der Waals surface area contributed by atoms with Gasteiger partial charge in [0.15, 0.2) is 5.16 Å². The average molecular weight is 333 g/mol. The number of aromatic nitrogens is 2. The third kappa shape index (κ3) is 3.90. The monoisotopic (exact) mass is 332 g/mol. The molecule has 1 heterocycles. The summed E-state index contributed by atoms with van der Waals surface area (Å²) in [5, 5.41) is 11.0. The van der Waals surface area contributed by atoms with Gasteiger partial charge < -0.3 is 5.73 Å². The van der Waals surface area contributed by atoms with Crippen LogP contribution in [0.4, 0.5) is 5.82 Å². The molecule has 0 fully saturated rings. The molecule has 0 saturated heterocycles. The van der Waals surface area contributed by atoms with Crippen molar-refractivity contribution in [2.45, 2.75) is 37.1 Å². The minimum Gasteiger partial charge on any atom is -0.382 e. The maximum atomic E-state index is 9.32. The smallest absolute Gasteiger partial charge is 0.190 e. The van der Waals surface area contributed by atoms with Gasteiger partial charge in [0.05, 0.1) is 5.69 Å². The largest absolute Gasteiger partial charge is 0.382 e. The van der Waals surface area contributed by atoms with Crippen molar-refractivity contribution in [3.8, 4) is 6.07 Å². The zero-order chi connectivity index (χ0) is 16.1. The number of nitrogens with two attached hydrogens (primary N) is 1. The summed E-state index contributed by atoms with van der Waals surface area (Å²) in [6.45, 7) is 4.21. The van der Waals surface area contributed by atoms with Crippen molar-refractivity contribution in [1.82, 2.24) is 9.97 Å². The molecule has 0 aliphatic carbocycles. The van der Waals surface area contributed by atoms with E-state index < -0.39 is 0 Å². The molecule has 0 bridgehead atoms. The second kappa shape index (κ2) is 7.48. The van der Waals surface area contributed by atoms with E-state index in [0.717, 1.165) is 12.0 Å². The Morgan fingerprint density at radius 2 is 2.09 bits per heavy atom. The van der Waals surface area contributed by atoms with Crippen LogP contribution in [0.1, 0.15) is 37.1 Å². The zero-order valence-electron chi connectivity index (χ0n) is 12.5. The van der Waals surface area contributed by atoms with E-state index in [-0.39, 0.29) is 5.82 Å². The molecule has 6 heteroatoms. The minimum atomic E-state index is 0.227. The molecule has 114 valence electrons. The maximum Gasteiger partial charge on any atom is 0.190 e. The first-order chi connectivity index (χ1) is 10.5. The van der Waals surface area contributed by atoms with Crippen LogP contribution >= 0.6 is 23.4 Å². The summed E-state index contributed by atoms with van der Waals surface area (Å²) in [6, 6.07) is 9.62. The first-order valence-corrected chi connectivity index (χ1v) is 8.27. The number of nitriles is 1. The molecule has 0 aliphatic heterocycles. The van der Waals surface area contributed by atoms with E-state index >= 15 is 0 Å². The van der Waals surface area contributed by atoms with Gasteiger partial charge in [0.2, 0.25) is 0 Å². The lowest BCUT2D eigenvalue weighted by Gasteiger charge is -2.11. The van der Waals surface area contributed by atoms with Gasteiger partial charge in [-0.1, -0.05) is 55.4 Å². The van der Waals surface area contributed by atoms with E-state index in [4.69, 9.17) is 17.3 Å². The van der Waals surface area contributed by atoms with Crippen LogP contribution in [0.3, 0.4) is 0 Å². The number of rotatable bonds is 5. The Hall–Kier alpha value is -1.77. The van der Waals surface area contributed by atoms with Gasteiger partial charge in [0, 0.05) is 16.7 Å². The lowest BCUT2D eigenvalue weighted by atomic mass is 10.1. The summed E-state index contributed by atoms with van der Waals surface area (Å²) in [4.78, 5) is 8.75. The molecule has 0 saturated carbocycles. The van der Waals surface area contributed by atoms with E-state index in [1.54, 1.807) is 11.8 Å². The Labute approximate surface area is 139 Å². The van der Waals surface area contributed by atoms with Gasteiger partial charge in [-0.25, -0.2) is 9.97 Å². The van der Waals surface area contributed by atoms with E-state index in [2.05, 4.69) is 29.9 Å². The lowest BCUT2D eigenvalue weighted by Crippen LogP contribution is -2.07. The van der Waals surface area contributed by atoms with Crippen molar-refractivity contribution in [2.75, 3.05) is 5.73 Å². The fourth-order valence-electron chi connectivity index (χ4n) is 1.89. The van der Waals surface area contributed by atoms with Crippen molar-refractivity contribution >= 4 is 29.2 Å². The van der Waals surface area contributed by atoms with Crippen LogP contribution in [0.2, 0.25) is 5.02 Å². The molecule has 2 N–H and O–H groups in total. The SMILES string of the molecule is CC[C@H](C)Sc1nc(N)c(C#N)c(Cc2ccccc2Cl)n1. The standard InChI is InChI=1S/C16H17ClN4S/c1-3-10(2)22-16-20-14(12(9-18)15(19)21-16)8-11-6-4-5-7-13(11)17/h4-7,10H,3,8H2,1-2H3,(H2,19,20,21)/t10-/m0/s1. The van der Waals surface area contributed by atoms with Gasteiger partial charge in [-0.2, -0.15) is 5.26 Å². The van der Waals surface area contributed by atoms with E-state index in [0.29, 0.717) is 33.1 Å². The number of anilines is 1. The number of hydrogen-bond acceptors (Lipinski definition) is 5. The van der Waals surface area contributed by atoms with Crippen molar-refractivity contribution in [1.29, 1.82) is 5.26 Å². The van der Waals surface area contributed by atoms with Gasteiger partial charge >= 0.3 is 0 Å². The highest BCUT2D eigenvalue weighted by molar-refractivity contribution is 7.99. The lowest BCUT2D eigenvalue weighted by molar-refractivity contribution is 0.867. The Morgan fingerprint density at radius 3 is 2.73 bits per heavy atom. The summed E-state index contributed by atoms with van der Waals surface area (Å²) < 4.78 is 0. The van der Waals surface area contributed by atoms with Crippen molar-refractivity contribution in [3.63, 3.8) is 0 Å². The predicted molar refractivity (Wildman–Crippen MR) is 91.0 cm³/mol. The van der Waals surface area contributed by atoms with Gasteiger partial charge in [0.25, 0.3) is 0 Å². The quantitative estimate of drug-likeness (QED) is 0.660. The molecular formula is C16H17ClN4S. The Kier molecular flexibility index (Phi) is 5.64. The summed E-state index contributed by atoms with van der Waals surface area (Å²) in [5.41, 5.74) is 7.78. The normalized spacial score (nSPS) is 11.9. The van der Waals surface area contributed by atoms with Crippen LogP contribution < -0.4 is 5.73 Å². The number of thioether (sulfide) groups is 1. The van der Waals surface area contributed by atoms with Crippen LogP contribution in [0.5, 0.6) is 0 Å². The third-order valence-electron chi connectivity index (χ3n) is 3.30. The first-order valence-electron chi connectivity index (χ1n) is 7.01. The minimum absolute atomic E-state index is 0.227. The molecule has 2 aromatic rings. The molecular weight excluding hydrogens is 316 g/mol. The zero-order valence-corrected chi connectivity index (χ0v) is 14.1. The van der Waals surface area contributed by atoms with Gasteiger partial charge in [0.1, 0.15) is 17.5 Å². The molecule has 22 heavy (non-hydrogen) atoms. The number of halogens is 1. The molecule has 0 radical (unpaired) electrons. The first kappa shape index (κ1) is 16.6. The average Bonchev–Trinajstić information content (AvgIpc) is 2.49. The fourth-order valence-corrected chi connectivity index (χ4v) is 2.93. The topological polar surface area (TPSA) is 75.6 Å². The fraction of sp³-hybridized carbons (Fsp3) is 0.312. The van der Waals surface area contributed by atoms with Crippen LogP contribution in [0.25, 0.3) is 0 Å². The Morgan fingerprint density at radius 1 is 1.36 bits per heavy atom. The number of nitrogens with zero attached hydrogens (tertiary/aromatic N) is 3. The van der Waals surface area contributed by atoms with Crippen LogP contribution in [-0.2, 0) is 6.42 Å². The van der Waals surface area contributed by atoms with E-state index in [1.165, 1.54) is 0 Å². The van der Waals surface area contributed by atoms with Crippen LogP contribution in [0, 0.1) is 11.3 Å². The summed E-state index contributed by atoms with van der Waals surface area (Å²) >= 11 is 7.75. The summed E-state index contributed by atoms with van der Waals surface area (Å²) in [6.07, 6.45) is 1.47. The highest BCUT2D eigenvalue weighted by Crippen LogP contribution is 2.27. The highest BCUT2D eigenvalue weighted by Gasteiger charge is 2.15. The summed E-state index contributed by atoms with van der Waals surface area (Å²) in [5.74, 6) is 0.227. The van der Waals surface area contributed by atoms with Crippen LogP contribution in [-0.4, -0.2) is 15.2 Å². The summed E-state index contributed by atoms with van der Waals surface area (Å²) in [7, 11) is 0. The van der Waals surface area contributed by atoms with Crippen molar-refractivity contribution < 1.29 is 0 Å². The number of nitrogen functional groups attached to an aromatic ring is 1. The number of benzene rings is 1.